The van der Waals surface area contributed by atoms with Gasteiger partial charge in [-0.05, 0) is 43.3 Å². The van der Waals surface area contributed by atoms with Crippen molar-refractivity contribution < 1.29 is 9.59 Å². The molecule has 0 radical (unpaired) electrons. The lowest BCUT2D eigenvalue weighted by molar-refractivity contribution is -0.116. The normalized spacial score (nSPS) is 10.2. The summed E-state index contributed by atoms with van der Waals surface area (Å²) in [7, 11) is 0. The SMILES string of the molecule is NCCCC(=O)Nc1cc(Cl)ccc1NC(=O)c1ccccc1. The topological polar surface area (TPSA) is 84.2 Å². The molecule has 0 bridgehead atoms. The van der Waals surface area contributed by atoms with E-state index in [1.54, 1.807) is 42.5 Å². The third kappa shape index (κ3) is 5.09. The van der Waals surface area contributed by atoms with Gasteiger partial charge in [0, 0.05) is 17.0 Å². The van der Waals surface area contributed by atoms with Gasteiger partial charge in [0.2, 0.25) is 5.91 Å². The Morgan fingerprint density at radius 3 is 2.43 bits per heavy atom. The first-order valence-electron chi connectivity index (χ1n) is 7.26. The van der Waals surface area contributed by atoms with E-state index in [1.807, 2.05) is 6.07 Å². The van der Waals surface area contributed by atoms with E-state index in [0.717, 1.165) is 0 Å². The quantitative estimate of drug-likeness (QED) is 0.759. The van der Waals surface area contributed by atoms with Crippen LogP contribution in [0.2, 0.25) is 5.02 Å². The van der Waals surface area contributed by atoms with Crippen molar-refractivity contribution in [3.05, 3.63) is 59.1 Å². The van der Waals surface area contributed by atoms with Crippen LogP contribution in [0.1, 0.15) is 23.2 Å². The maximum Gasteiger partial charge on any atom is 0.255 e. The number of amides is 2. The van der Waals surface area contributed by atoms with Crippen molar-refractivity contribution in [1.82, 2.24) is 0 Å². The molecule has 0 fully saturated rings. The summed E-state index contributed by atoms with van der Waals surface area (Å²) in [6.45, 7) is 0.445. The van der Waals surface area contributed by atoms with Gasteiger partial charge in [0.25, 0.3) is 5.91 Å². The molecule has 0 aromatic heterocycles. The van der Waals surface area contributed by atoms with Gasteiger partial charge < -0.3 is 16.4 Å². The number of carbonyl (C=O) groups excluding carboxylic acids is 2. The monoisotopic (exact) mass is 331 g/mol. The Morgan fingerprint density at radius 2 is 1.74 bits per heavy atom. The van der Waals surface area contributed by atoms with Crippen LogP contribution in [0.25, 0.3) is 0 Å². The molecule has 0 saturated carbocycles. The highest BCUT2D eigenvalue weighted by Crippen LogP contribution is 2.26. The fourth-order valence-corrected chi connectivity index (χ4v) is 2.16. The Hall–Kier alpha value is -2.37. The minimum absolute atomic E-state index is 0.173. The zero-order valence-electron chi connectivity index (χ0n) is 12.5. The number of hydrogen-bond acceptors (Lipinski definition) is 3. The van der Waals surface area contributed by atoms with Gasteiger partial charge >= 0.3 is 0 Å². The van der Waals surface area contributed by atoms with Crippen LogP contribution < -0.4 is 16.4 Å². The fourth-order valence-electron chi connectivity index (χ4n) is 1.99. The van der Waals surface area contributed by atoms with Gasteiger partial charge in [-0.2, -0.15) is 0 Å². The average molecular weight is 332 g/mol. The average Bonchev–Trinajstić information content (AvgIpc) is 2.56. The van der Waals surface area contributed by atoms with E-state index in [2.05, 4.69) is 10.6 Å². The van der Waals surface area contributed by atoms with E-state index in [9.17, 15) is 9.59 Å². The van der Waals surface area contributed by atoms with Gasteiger partial charge in [0.05, 0.1) is 11.4 Å². The maximum atomic E-state index is 12.2. The number of hydrogen-bond donors (Lipinski definition) is 3. The van der Waals surface area contributed by atoms with Crippen LogP contribution in [0.15, 0.2) is 48.5 Å². The number of nitrogens with one attached hydrogen (secondary N) is 2. The molecule has 5 nitrogen and oxygen atoms in total. The van der Waals surface area contributed by atoms with Gasteiger partial charge in [-0.25, -0.2) is 0 Å². The van der Waals surface area contributed by atoms with Crippen molar-refractivity contribution in [3.63, 3.8) is 0 Å². The van der Waals surface area contributed by atoms with Crippen molar-refractivity contribution in [2.45, 2.75) is 12.8 Å². The third-order valence-electron chi connectivity index (χ3n) is 3.15. The number of halogens is 1. The second kappa shape index (κ2) is 8.31. The van der Waals surface area contributed by atoms with Crippen LogP contribution in [0.5, 0.6) is 0 Å². The van der Waals surface area contributed by atoms with Gasteiger partial charge in [0.1, 0.15) is 0 Å². The number of rotatable bonds is 6. The molecule has 23 heavy (non-hydrogen) atoms. The third-order valence-corrected chi connectivity index (χ3v) is 3.38. The summed E-state index contributed by atoms with van der Waals surface area (Å²) >= 11 is 5.97. The molecule has 2 aromatic rings. The lowest BCUT2D eigenvalue weighted by atomic mass is 10.2. The number of benzene rings is 2. The molecular formula is C17H18ClN3O2. The summed E-state index contributed by atoms with van der Waals surface area (Å²) in [4.78, 5) is 24.1. The van der Waals surface area contributed by atoms with E-state index in [4.69, 9.17) is 17.3 Å². The molecule has 0 aliphatic carbocycles. The smallest absolute Gasteiger partial charge is 0.255 e. The highest BCUT2D eigenvalue weighted by atomic mass is 35.5. The van der Waals surface area contributed by atoms with Crippen LogP contribution in [0.3, 0.4) is 0 Å². The first-order chi connectivity index (χ1) is 11.1. The van der Waals surface area contributed by atoms with E-state index < -0.39 is 0 Å². The Kier molecular flexibility index (Phi) is 6.14. The van der Waals surface area contributed by atoms with E-state index in [0.29, 0.717) is 41.3 Å². The summed E-state index contributed by atoms with van der Waals surface area (Å²) in [6.07, 6.45) is 0.910. The lowest BCUT2D eigenvalue weighted by Crippen LogP contribution is -2.17. The van der Waals surface area contributed by atoms with Crippen molar-refractivity contribution in [3.8, 4) is 0 Å². The molecular weight excluding hydrogens is 314 g/mol. The number of anilines is 2. The van der Waals surface area contributed by atoms with Crippen molar-refractivity contribution in [1.29, 1.82) is 0 Å². The molecule has 0 heterocycles. The van der Waals surface area contributed by atoms with Crippen LogP contribution in [-0.2, 0) is 4.79 Å². The van der Waals surface area contributed by atoms with Gasteiger partial charge in [-0.1, -0.05) is 29.8 Å². The molecule has 2 rings (SSSR count). The molecule has 0 atom stereocenters. The van der Waals surface area contributed by atoms with Gasteiger partial charge in [0.15, 0.2) is 0 Å². The molecule has 0 saturated heterocycles. The number of carbonyl (C=O) groups is 2. The lowest BCUT2D eigenvalue weighted by Gasteiger charge is -2.13. The molecule has 0 aliphatic rings. The highest BCUT2D eigenvalue weighted by Gasteiger charge is 2.11. The first kappa shape index (κ1) is 17.0. The molecule has 0 unspecified atom stereocenters. The first-order valence-corrected chi connectivity index (χ1v) is 7.64. The molecule has 2 amide bonds. The summed E-state index contributed by atoms with van der Waals surface area (Å²) < 4.78 is 0. The van der Waals surface area contributed by atoms with Gasteiger partial charge in [-0.15, -0.1) is 0 Å². The molecule has 0 spiro atoms. The summed E-state index contributed by atoms with van der Waals surface area (Å²) in [5, 5.41) is 6.00. The summed E-state index contributed by atoms with van der Waals surface area (Å²) in [6, 6.07) is 13.7. The summed E-state index contributed by atoms with van der Waals surface area (Å²) in [5.74, 6) is -0.432. The Bertz CT molecular complexity index is 689. The second-order valence-corrected chi connectivity index (χ2v) is 5.39. The van der Waals surface area contributed by atoms with Crippen molar-refractivity contribution in [2.24, 2.45) is 5.73 Å². The Balaban J connectivity index is 2.15. The van der Waals surface area contributed by atoms with Crippen molar-refractivity contribution >= 4 is 34.8 Å². The van der Waals surface area contributed by atoms with Crippen LogP contribution in [0, 0.1) is 0 Å². The van der Waals surface area contributed by atoms with E-state index in [1.165, 1.54) is 0 Å². The number of nitrogens with two attached hydrogens (primary N) is 1. The van der Waals surface area contributed by atoms with E-state index >= 15 is 0 Å². The predicted octanol–water partition coefficient (Wildman–Crippen LogP) is 3.27. The Labute approximate surface area is 139 Å². The van der Waals surface area contributed by atoms with Crippen LogP contribution in [0.4, 0.5) is 11.4 Å². The molecule has 120 valence electrons. The zero-order valence-corrected chi connectivity index (χ0v) is 13.3. The highest BCUT2D eigenvalue weighted by molar-refractivity contribution is 6.31. The van der Waals surface area contributed by atoms with Crippen LogP contribution >= 0.6 is 11.6 Å². The summed E-state index contributed by atoms with van der Waals surface area (Å²) in [5.41, 5.74) is 6.88. The standard InChI is InChI=1S/C17H18ClN3O2/c18-13-8-9-14(15(11-13)20-16(22)7-4-10-19)21-17(23)12-5-2-1-3-6-12/h1-3,5-6,8-9,11H,4,7,10,19H2,(H,20,22)(H,21,23). The second-order valence-electron chi connectivity index (χ2n) is 4.95. The minimum atomic E-state index is -0.259. The zero-order chi connectivity index (χ0) is 16.7. The minimum Gasteiger partial charge on any atom is -0.330 e. The Morgan fingerprint density at radius 1 is 1.00 bits per heavy atom. The molecule has 2 aromatic carbocycles. The molecule has 0 aliphatic heterocycles. The van der Waals surface area contributed by atoms with Crippen molar-refractivity contribution in [2.75, 3.05) is 17.2 Å². The predicted molar refractivity (Wildman–Crippen MR) is 92.8 cm³/mol. The van der Waals surface area contributed by atoms with E-state index in [-0.39, 0.29) is 11.8 Å². The molecule has 4 N–H and O–H groups in total. The van der Waals surface area contributed by atoms with Crippen LogP contribution in [-0.4, -0.2) is 18.4 Å². The maximum absolute atomic E-state index is 12.2. The fraction of sp³-hybridized carbons (Fsp3) is 0.176. The van der Waals surface area contributed by atoms with Gasteiger partial charge in [-0.3, -0.25) is 9.59 Å². The molecule has 6 heteroatoms. The largest absolute Gasteiger partial charge is 0.330 e.